The fourth-order valence-corrected chi connectivity index (χ4v) is 4.54. The smallest absolute Gasteiger partial charge is 0.261 e. The van der Waals surface area contributed by atoms with Crippen molar-refractivity contribution in [3.63, 3.8) is 0 Å². The van der Waals surface area contributed by atoms with E-state index < -0.39 is 23.1 Å². The van der Waals surface area contributed by atoms with Crippen molar-refractivity contribution in [3.8, 4) is 5.69 Å². The summed E-state index contributed by atoms with van der Waals surface area (Å²) in [4.78, 5) is 28.5. The van der Waals surface area contributed by atoms with Gasteiger partial charge in [0, 0.05) is 18.0 Å². The molecule has 0 spiro atoms. The molecule has 0 radical (unpaired) electrons. The van der Waals surface area contributed by atoms with Gasteiger partial charge in [-0.1, -0.05) is 54.6 Å². The lowest BCUT2D eigenvalue weighted by molar-refractivity contribution is -0.118. The lowest BCUT2D eigenvalue weighted by Gasteiger charge is -2.35. The van der Waals surface area contributed by atoms with Gasteiger partial charge in [-0.2, -0.15) is 0 Å². The largest absolute Gasteiger partial charge is 0.278 e. The molecule has 0 N–H and O–H groups in total. The molecule has 1 amide bonds. The third kappa shape index (κ3) is 3.44. The van der Waals surface area contributed by atoms with Crippen molar-refractivity contribution in [1.29, 1.82) is 0 Å². The molecule has 1 atom stereocenters. The van der Waals surface area contributed by atoms with Crippen molar-refractivity contribution < 1.29 is 13.6 Å². The maximum Gasteiger partial charge on any atom is 0.261 e. The molecule has 0 aliphatic carbocycles. The molecule has 1 aliphatic rings. The maximum absolute atomic E-state index is 14.7. The number of rotatable bonds is 3. The second-order valence-electron chi connectivity index (χ2n) is 8.02. The molecule has 4 nitrogen and oxygen atoms in total. The van der Waals surface area contributed by atoms with E-state index in [0.717, 1.165) is 5.56 Å². The Morgan fingerprint density at radius 2 is 1.33 bits per heavy atom. The summed E-state index contributed by atoms with van der Waals surface area (Å²) in [7, 11) is 0. The average molecular weight is 442 g/mol. The van der Waals surface area contributed by atoms with Crippen LogP contribution in [0.4, 0.5) is 20.2 Å². The minimum absolute atomic E-state index is 0.0130. The van der Waals surface area contributed by atoms with E-state index in [1.807, 2.05) is 30.3 Å². The Kier molecular flexibility index (Phi) is 5.13. The highest BCUT2D eigenvalue weighted by atomic mass is 19.1. The SMILES string of the molecule is Cc1cc2c(c(=O)n1-c1ccccc1F)C(c1ccccc1)CC(=O)N2c1ccccc1F. The van der Waals surface area contributed by atoms with Crippen LogP contribution in [0.15, 0.2) is 89.7 Å². The molecule has 1 aliphatic heterocycles. The van der Waals surface area contributed by atoms with Crippen molar-refractivity contribution in [2.45, 2.75) is 19.3 Å². The summed E-state index contributed by atoms with van der Waals surface area (Å²) in [5.74, 6) is -1.95. The number of hydrogen-bond donors (Lipinski definition) is 0. The van der Waals surface area contributed by atoms with Crippen LogP contribution >= 0.6 is 0 Å². The Morgan fingerprint density at radius 1 is 0.758 bits per heavy atom. The van der Waals surface area contributed by atoms with E-state index in [4.69, 9.17) is 0 Å². The quantitative estimate of drug-likeness (QED) is 0.413. The van der Waals surface area contributed by atoms with Gasteiger partial charge in [-0.25, -0.2) is 8.78 Å². The van der Waals surface area contributed by atoms with Gasteiger partial charge in [-0.3, -0.25) is 19.1 Å². The molecule has 0 saturated heterocycles. The summed E-state index contributed by atoms with van der Waals surface area (Å²) in [6.07, 6.45) is -0.0130. The summed E-state index contributed by atoms with van der Waals surface area (Å²) in [5.41, 5.74) is 1.66. The molecule has 2 heterocycles. The highest BCUT2D eigenvalue weighted by Gasteiger charge is 2.37. The molecule has 0 fully saturated rings. The number of carbonyl (C=O) groups is 1. The van der Waals surface area contributed by atoms with Gasteiger partial charge in [0.15, 0.2) is 0 Å². The summed E-state index contributed by atoms with van der Waals surface area (Å²) >= 11 is 0. The zero-order valence-corrected chi connectivity index (χ0v) is 17.8. The van der Waals surface area contributed by atoms with Gasteiger partial charge in [0.05, 0.1) is 22.6 Å². The third-order valence-corrected chi connectivity index (χ3v) is 6.01. The van der Waals surface area contributed by atoms with Crippen LogP contribution in [0.5, 0.6) is 0 Å². The van der Waals surface area contributed by atoms with Crippen molar-refractivity contribution in [1.82, 2.24) is 4.57 Å². The molecule has 4 aromatic rings. The highest BCUT2D eigenvalue weighted by Crippen LogP contribution is 2.42. The fourth-order valence-electron chi connectivity index (χ4n) is 4.54. The van der Waals surface area contributed by atoms with E-state index in [1.54, 1.807) is 37.3 Å². The number of pyridine rings is 1. The molecule has 164 valence electrons. The zero-order valence-electron chi connectivity index (χ0n) is 17.8. The molecule has 6 heteroatoms. The highest BCUT2D eigenvalue weighted by molar-refractivity contribution is 6.04. The van der Waals surface area contributed by atoms with Gasteiger partial charge in [0.1, 0.15) is 11.6 Å². The number of halogens is 2. The molecule has 33 heavy (non-hydrogen) atoms. The zero-order chi connectivity index (χ0) is 23.1. The number of benzene rings is 3. The lowest BCUT2D eigenvalue weighted by Crippen LogP contribution is -2.39. The number of amides is 1. The molecule has 0 saturated carbocycles. The average Bonchev–Trinajstić information content (AvgIpc) is 2.81. The number of hydrogen-bond acceptors (Lipinski definition) is 2. The molecular weight excluding hydrogens is 422 g/mol. The fraction of sp³-hybridized carbons (Fsp3) is 0.111. The van der Waals surface area contributed by atoms with Crippen molar-refractivity contribution in [2.24, 2.45) is 0 Å². The predicted octanol–water partition coefficient (Wildman–Crippen LogP) is 5.62. The first-order valence-corrected chi connectivity index (χ1v) is 10.6. The van der Waals surface area contributed by atoms with Gasteiger partial charge in [-0.15, -0.1) is 0 Å². The van der Waals surface area contributed by atoms with Crippen LogP contribution in [-0.4, -0.2) is 10.5 Å². The minimum atomic E-state index is -0.564. The summed E-state index contributed by atoms with van der Waals surface area (Å²) < 4.78 is 30.7. The Labute approximate surface area is 189 Å². The van der Waals surface area contributed by atoms with E-state index in [1.165, 1.54) is 33.7 Å². The molecule has 3 aromatic carbocycles. The lowest BCUT2D eigenvalue weighted by atomic mass is 9.84. The Bertz CT molecular complexity index is 1430. The molecule has 0 bridgehead atoms. The first-order valence-electron chi connectivity index (χ1n) is 10.6. The first-order chi connectivity index (χ1) is 16.0. The second-order valence-corrected chi connectivity index (χ2v) is 8.02. The van der Waals surface area contributed by atoms with Crippen molar-refractivity contribution >= 4 is 17.3 Å². The van der Waals surface area contributed by atoms with E-state index in [0.29, 0.717) is 16.9 Å². The van der Waals surface area contributed by atoms with Crippen LogP contribution in [0.2, 0.25) is 0 Å². The van der Waals surface area contributed by atoms with E-state index in [2.05, 4.69) is 0 Å². The van der Waals surface area contributed by atoms with Gasteiger partial charge >= 0.3 is 0 Å². The monoisotopic (exact) mass is 442 g/mol. The molecule has 1 unspecified atom stereocenters. The van der Waals surface area contributed by atoms with E-state index >= 15 is 0 Å². The van der Waals surface area contributed by atoms with Gasteiger partial charge in [0.25, 0.3) is 5.56 Å². The van der Waals surface area contributed by atoms with Gasteiger partial charge < -0.3 is 0 Å². The third-order valence-electron chi connectivity index (χ3n) is 6.01. The van der Waals surface area contributed by atoms with E-state index in [9.17, 15) is 18.4 Å². The Balaban J connectivity index is 1.83. The molecule has 5 rings (SSSR count). The van der Waals surface area contributed by atoms with Crippen LogP contribution in [0, 0.1) is 18.6 Å². The van der Waals surface area contributed by atoms with Crippen LogP contribution in [0.3, 0.4) is 0 Å². The topological polar surface area (TPSA) is 42.3 Å². The molecular formula is C27H20F2N2O2. The first kappa shape index (κ1) is 20.8. The van der Waals surface area contributed by atoms with Crippen LogP contribution in [0.1, 0.15) is 29.2 Å². The van der Waals surface area contributed by atoms with Crippen LogP contribution in [-0.2, 0) is 4.79 Å². The number of anilines is 2. The predicted molar refractivity (Wildman–Crippen MR) is 123 cm³/mol. The van der Waals surface area contributed by atoms with Crippen LogP contribution in [0.25, 0.3) is 5.69 Å². The number of para-hydroxylation sites is 2. The Morgan fingerprint density at radius 3 is 1.97 bits per heavy atom. The minimum Gasteiger partial charge on any atom is -0.278 e. The van der Waals surface area contributed by atoms with Crippen molar-refractivity contribution in [2.75, 3.05) is 4.90 Å². The van der Waals surface area contributed by atoms with Crippen molar-refractivity contribution in [3.05, 3.63) is 124 Å². The summed E-state index contributed by atoms with van der Waals surface area (Å²) in [5, 5.41) is 0. The number of aromatic nitrogens is 1. The van der Waals surface area contributed by atoms with E-state index in [-0.39, 0.29) is 23.7 Å². The number of fused-ring (bicyclic) bond motifs is 1. The van der Waals surface area contributed by atoms with Crippen LogP contribution < -0.4 is 10.5 Å². The standard InChI is InChI=1S/C27H20F2N2O2/c1-17-15-24-26(27(33)30(17)22-13-7-5-11-20(22)28)19(18-9-3-2-4-10-18)16-25(32)31(24)23-14-8-6-12-21(23)29/h2-15,19H,16H2,1H3. The second kappa shape index (κ2) is 8.13. The maximum atomic E-state index is 14.7. The van der Waals surface area contributed by atoms with Gasteiger partial charge in [-0.05, 0) is 42.8 Å². The van der Waals surface area contributed by atoms with Gasteiger partial charge in [0.2, 0.25) is 5.91 Å². The summed E-state index contributed by atoms with van der Waals surface area (Å²) in [6, 6.07) is 22.9. The summed E-state index contributed by atoms with van der Waals surface area (Å²) in [6.45, 7) is 1.67. The number of aryl methyl sites for hydroxylation is 1. The number of nitrogens with zero attached hydrogens (tertiary/aromatic N) is 2. The number of carbonyl (C=O) groups excluding carboxylic acids is 1. The molecule has 1 aromatic heterocycles. The Hall–Kier alpha value is -4.06. The normalized spacial score (nSPS) is 15.4.